The first kappa shape index (κ1) is 39.0. The van der Waals surface area contributed by atoms with Crippen LogP contribution in [0, 0.1) is 0 Å². The van der Waals surface area contributed by atoms with Crippen LogP contribution >= 0.6 is 0 Å². The Labute approximate surface area is 338 Å². The predicted molar refractivity (Wildman–Crippen MR) is 221 cm³/mol. The molecule has 0 radical (unpaired) electrons. The Morgan fingerprint density at radius 1 is 0.317 bits per heavy atom. The van der Waals surface area contributed by atoms with Gasteiger partial charge in [-0.1, -0.05) is 65.8 Å². The van der Waals surface area contributed by atoms with Gasteiger partial charge in [-0.3, -0.25) is 0 Å². The van der Waals surface area contributed by atoms with Gasteiger partial charge in [-0.15, -0.1) is 0 Å². The molecular weight excluding hydrogens is 780 g/mol. The molecule has 0 saturated carbocycles. The van der Waals surface area contributed by atoms with Gasteiger partial charge in [0.05, 0.1) is 21.5 Å². The summed E-state index contributed by atoms with van der Waals surface area (Å²) in [6.45, 7) is 9.90. The summed E-state index contributed by atoms with van der Waals surface area (Å²) in [5, 5.41) is 155. The molecule has 0 aliphatic rings. The van der Waals surface area contributed by atoms with Crippen molar-refractivity contribution in [2.75, 3.05) is 0 Å². The summed E-state index contributed by atoms with van der Waals surface area (Å²) < 4.78 is 2.32. The first-order valence-corrected chi connectivity index (χ1v) is 18.4. The molecule has 0 saturated heterocycles. The summed E-state index contributed by atoms with van der Waals surface area (Å²) in [5.74, 6) is -12.3. The van der Waals surface area contributed by atoms with Crippen molar-refractivity contribution in [2.24, 2.45) is 0 Å². The molecule has 0 bridgehead atoms. The fourth-order valence-corrected chi connectivity index (χ4v) is 8.40. The van der Waals surface area contributed by atoms with E-state index in [4.69, 9.17) is 0 Å². The average Bonchev–Trinajstić information content (AvgIpc) is 3.74. The van der Waals surface area contributed by atoms with Crippen molar-refractivity contribution in [1.82, 2.24) is 9.13 Å². The molecule has 0 spiro atoms. The largest absolute Gasteiger partial charge is 0.507 e. The smallest absolute Gasteiger partial charge is 0.206 e. The lowest BCUT2D eigenvalue weighted by Crippen LogP contribution is -2.12. The third kappa shape index (κ3) is 4.96. The van der Waals surface area contributed by atoms with E-state index in [9.17, 15) is 71.5 Å². The number of benzene rings is 6. The predicted octanol–water partition coefficient (Wildman–Crippen LogP) is 8.02. The van der Waals surface area contributed by atoms with Crippen molar-refractivity contribution in [3.63, 3.8) is 0 Å². The van der Waals surface area contributed by atoms with Gasteiger partial charge in [-0.2, -0.15) is 0 Å². The van der Waals surface area contributed by atoms with Crippen LogP contribution in [0.4, 0.5) is 0 Å². The average molecular weight is 821 g/mol. The molecule has 8 aromatic rings. The highest BCUT2D eigenvalue weighted by Crippen LogP contribution is 2.61. The van der Waals surface area contributed by atoms with Crippen LogP contribution in [-0.4, -0.2) is 80.6 Å². The number of phenolic OH excluding ortho intramolecular Hbond substituents is 14. The summed E-state index contributed by atoms with van der Waals surface area (Å²) in [6, 6.07) is 12.5. The molecule has 310 valence electrons. The first-order chi connectivity index (χ1) is 27.9. The summed E-state index contributed by atoms with van der Waals surface area (Å²) in [5.41, 5.74) is -2.52. The van der Waals surface area contributed by atoms with Gasteiger partial charge in [0.25, 0.3) is 0 Å². The summed E-state index contributed by atoms with van der Waals surface area (Å²) in [6.07, 6.45) is 0. The van der Waals surface area contributed by atoms with Crippen molar-refractivity contribution in [2.45, 2.75) is 52.4 Å². The first-order valence-electron chi connectivity index (χ1n) is 18.4. The second kappa shape index (κ2) is 12.3. The Hall–Kier alpha value is -7.88. The lowest BCUT2D eigenvalue weighted by molar-refractivity contribution is 0.350. The zero-order valence-corrected chi connectivity index (χ0v) is 32.8. The quantitative estimate of drug-likeness (QED) is 0.0593. The van der Waals surface area contributed by atoms with Gasteiger partial charge < -0.3 is 80.6 Å². The van der Waals surface area contributed by atoms with E-state index in [-0.39, 0.29) is 66.1 Å². The molecule has 0 atom stereocenters. The Morgan fingerprint density at radius 2 is 0.583 bits per heavy atom. The van der Waals surface area contributed by atoms with Crippen LogP contribution in [0.2, 0.25) is 0 Å². The molecule has 0 fully saturated rings. The van der Waals surface area contributed by atoms with Crippen LogP contribution in [0.5, 0.6) is 80.5 Å². The maximum atomic E-state index is 11.7. The highest BCUT2D eigenvalue weighted by molar-refractivity contribution is 6.22. The number of hydrogen-bond donors (Lipinski definition) is 14. The van der Waals surface area contributed by atoms with Crippen molar-refractivity contribution in [3.8, 4) is 103 Å². The maximum Gasteiger partial charge on any atom is 0.206 e. The van der Waals surface area contributed by atoms with Crippen LogP contribution in [0.1, 0.15) is 52.7 Å². The molecule has 60 heavy (non-hydrogen) atoms. The molecular formula is C44H40N2O14. The minimum absolute atomic E-state index is 0.112. The number of phenols is 14. The van der Waals surface area contributed by atoms with Crippen LogP contribution in [-0.2, 0) is 10.8 Å². The van der Waals surface area contributed by atoms with E-state index in [2.05, 4.69) is 0 Å². The van der Waals surface area contributed by atoms with E-state index >= 15 is 0 Å². The van der Waals surface area contributed by atoms with E-state index in [1.165, 1.54) is 24.3 Å². The van der Waals surface area contributed by atoms with Crippen LogP contribution in [0.3, 0.4) is 0 Å². The molecule has 6 aromatic carbocycles. The van der Waals surface area contributed by atoms with Gasteiger partial charge in [-0.25, -0.2) is 0 Å². The van der Waals surface area contributed by atoms with Gasteiger partial charge in [0.15, 0.2) is 46.0 Å². The second-order valence-electron chi connectivity index (χ2n) is 16.8. The lowest BCUT2D eigenvalue weighted by Gasteiger charge is -2.23. The Bertz CT molecular complexity index is 3000. The molecule has 2 heterocycles. The molecule has 14 N–H and O–H groups in total. The van der Waals surface area contributed by atoms with E-state index < -0.39 is 91.3 Å². The van der Waals surface area contributed by atoms with Crippen molar-refractivity contribution in [1.29, 1.82) is 0 Å². The van der Waals surface area contributed by atoms with E-state index in [1.807, 2.05) is 0 Å². The van der Waals surface area contributed by atoms with Gasteiger partial charge in [0.2, 0.25) is 23.0 Å². The summed E-state index contributed by atoms with van der Waals surface area (Å²) in [4.78, 5) is 0. The number of fused-ring (bicyclic) bond motifs is 6. The van der Waals surface area contributed by atoms with Gasteiger partial charge in [0, 0.05) is 22.5 Å². The van der Waals surface area contributed by atoms with E-state index in [1.54, 1.807) is 65.8 Å². The minimum Gasteiger partial charge on any atom is -0.507 e. The van der Waals surface area contributed by atoms with Gasteiger partial charge in [0.1, 0.15) is 33.6 Å². The molecule has 0 amide bonds. The third-order valence-corrected chi connectivity index (χ3v) is 11.0. The molecule has 0 aliphatic carbocycles. The fourth-order valence-electron chi connectivity index (χ4n) is 8.40. The number of aromatic hydroxyl groups is 14. The van der Waals surface area contributed by atoms with Crippen LogP contribution in [0.15, 0.2) is 48.5 Å². The van der Waals surface area contributed by atoms with Crippen LogP contribution < -0.4 is 0 Å². The number of rotatable bonds is 3. The molecule has 16 nitrogen and oxygen atoms in total. The molecule has 0 unspecified atom stereocenters. The SMILES string of the molecule is CC(C)(C)c1c(O)c(O)c2c(c1O)c1c(O)c(O)c(O)c(O)c1n2-c1cccc(-c2cccc(-n3c4c(O)c(O)c(O)c(O)c4c4c(O)c(C(C)(C)C)c(O)c(O)c43)c2)c1. The normalized spacial score (nSPS) is 12.4. The van der Waals surface area contributed by atoms with E-state index in [0.29, 0.717) is 11.1 Å². The number of aromatic nitrogens is 2. The monoisotopic (exact) mass is 820 g/mol. The standard InChI is InChI=1S/C44H40N2O14/c1-43(2,3)23-29(47)19-21-27(37(55)41(59)39(57)31(21)49)45(25(19)35(53)33(23)51)17-11-7-9-15(13-17)16-10-8-12-18(14-16)46-26-20(22-28(46)38(56)42(60)40(58)32(22)50)30(48)24(44(4,5)6)34(52)36(26)54/h7-14,47-60H,1-6H3. The molecule has 8 rings (SSSR count). The number of hydrogen-bond acceptors (Lipinski definition) is 14. The summed E-state index contributed by atoms with van der Waals surface area (Å²) >= 11 is 0. The highest BCUT2D eigenvalue weighted by atomic mass is 16.4. The molecule has 0 aliphatic heterocycles. The third-order valence-electron chi connectivity index (χ3n) is 11.0. The molecule has 2 aromatic heterocycles. The fraction of sp³-hybridized carbons (Fsp3) is 0.182. The Morgan fingerprint density at radius 3 is 0.883 bits per heavy atom. The minimum atomic E-state index is -1.11. The van der Waals surface area contributed by atoms with E-state index in [0.717, 1.165) is 9.13 Å². The van der Waals surface area contributed by atoms with Gasteiger partial charge >= 0.3 is 0 Å². The lowest BCUT2D eigenvalue weighted by atomic mass is 9.84. The summed E-state index contributed by atoms with van der Waals surface area (Å²) in [7, 11) is 0. The molecule has 16 heteroatoms. The zero-order valence-electron chi connectivity index (χ0n) is 32.8. The Balaban J connectivity index is 1.44. The second-order valence-corrected chi connectivity index (χ2v) is 16.8. The maximum absolute atomic E-state index is 11.7. The highest BCUT2D eigenvalue weighted by Gasteiger charge is 2.37. The van der Waals surface area contributed by atoms with Gasteiger partial charge in [-0.05, 0) is 46.2 Å². The zero-order chi connectivity index (χ0) is 44.0. The topological polar surface area (TPSA) is 293 Å². The Kier molecular flexibility index (Phi) is 8.00. The van der Waals surface area contributed by atoms with Crippen molar-refractivity contribution >= 4 is 43.6 Å². The van der Waals surface area contributed by atoms with Crippen molar-refractivity contribution in [3.05, 3.63) is 59.7 Å². The van der Waals surface area contributed by atoms with Crippen molar-refractivity contribution < 1.29 is 71.5 Å². The number of nitrogens with zero attached hydrogens (tertiary/aromatic N) is 2. The van der Waals surface area contributed by atoms with Crippen LogP contribution in [0.25, 0.3) is 66.1 Å².